The maximum atomic E-state index is 13.2. The van der Waals surface area contributed by atoms with Gasteiger partial charge in [0.1, 0.15) is 5.82 Å². The number of fused-ring (bicyclic) bond motifs is 1. The standard InChI is InChI=1S/C25H25N3O7S.3H2/c29-14-18(30)13-26-36(32,33)19-7-4-16(5-8-19)20-2-1-3-23(27-20)28-24(31)25(10-11-25)17-6-9-21-22(12-17)35-15-34-21;;;/h1-9,12,18,26,29-30H,10-11,13-15H2,(H,27,28,31);3*1H/t18-;;;/m0.../s1. The lowest BCUT2D eigenvalue weighted by atomic mass is 9.94. The van der Waals surface area contributed by atoms with E-state index in [1.165, 1.54) is 12.1 Å². The van der Waals surface area contributed by atoms with Crippen LogP contribution in [0.4, 0.5) is 5.82 Å². The van der Waals surface area contributed by atoms with Crippen LogP contribution in [0.5, 0.6) is 11.5 Å². The van der Waals surface area contributed by atoms with E-state index in [-0.39, 0.29) is 28.4 Å². The molecule has 10 nitrogen and oxygen atoms in total. The zero-order chi connectivity index (χ0) is 25.3. The van der Waals surface area contributed by atoms with Gasteiger partial charge in [-0.2, -0.15) is 0 Å². The first-order valence-corrected chi connectivity index (χ1v) is 12.9. The molecule has 36 heavy (non-hydrogen) atoms. The minimum Gasteiger partial charge on any atom is -0.454 e. The predicted octanol–water partition coefficient (Wildman–Crippen LogP) is 2.52. The largest absolute Gasteiger partial charge is 0.454 e. The minimum absolute atomic E-state index is 0. The second kappa shape index (κ2) is 9.51. The Morgan fingerprint density at radius 2 is 1.83 bits per heavy atom. The number of aliphatic hydroxyl groups excluding tert-OH is 2. The third-order valence-corrected chi connectivity index (χ3v) is 7.72. The molecule has 1 amide bonds. The Morgan fingerprint density at radius 1 is 1.08 bits per heavy atom. The quantitative estimate of drug-likeness (QED) is 0.339. The molecule has 0 radical (unpaired) electrons. The van der Waals surface area contributed by atoms with Crippen LogP contribution in [0.3, 0.4) is 0 Å². The molecule has 194 valence electrons. The van der Waals surface area contributed by atoms with Gasteiger partial charge in [-0.05, 0) is 54.8 Å². The van der Waals surface area contributed by atoms with Crippen molar-refractivity contribution in [2.24, 2.45) is 0 Å². The molecule has 1 aliphatic heterocycles. The number of nitrogens with one attached hydrogen (secondary N) is 2. The summed E-state index contributed by atoms with van der Waals surface area (Å²) < 4.78 is 37.8. The number of benzene rings is 2. The van der Waals surface area contributed by atoms with Crippen molar-refractivity contribution < 1.29 is 37.2 Å². The van der Waals surface area contributed by atoms with Gasteiger partial charge >= 0.3 is 0 Å². The number of rotatable bonds is 9. The summed E-state index contributed by atoms with van der Waals surface area (Å²) in [7, 11) is -3.84. The molecule has 2 heterocycles. The highest BCUT2D eigenvalue weighted by Gasteiger charge is 2.51. The van der Waals surface area contributed by atoms with Crippen molar-refractivity contribution in [2.75, 3.05) is 25.3 Å². The fourth-order valence-electron chi connectivity index (χ4n) is 4.03. The van der Waals surface area contributed by atoms with Crippen molar-refractivity contribution in [2.45, 2.75) is 29.3 Å². The Kier molecular flexibility index (Phi) is 6.39. The van der Waals surface area contributed by atoms with Crippen LogP contribution in [0.25, 0.3) is 11.3 Å². The number of hydrogen-bond acceptors (Lipinski definition) is 8. The molecule has 1 fully saturated rings. The van der Waals surface area contributed by atoms with Gasteiger partial charge in [0.25, 0.3) is 0 Å². The smallest absolute Gasteiger partial charge is 0.240 e. The first-order valence-electron chi connectivity index (χ1n) is 11.4. The van der Waals surface area contributed by atoms with Crippen LogP contribution in [0.15, 0.2) is 65.6 Å². The van der Waals surface area contributed by atoms with Crippen LogP contribution in [0.2, 0.25) is 0 Å². The van der Waals surface area contributed by atoms with Crippen LogP contribution in [0.1, 0.15) is 22.7 Å². The third-order valence-electron chi connectivity index (χ3n) is 6.28. The van der Waals surface area contributed by atoms with Crippen LogP contribution in [-0.4, -0.2) is 55.6 Å². The van der Waals surface area contributed by atoms with Crippen LogP contribution >= 0.6 is 0 Å². The SMILES string of the molecule is O=C(Nc1cccc(-c2ccc(S(=O)(=O)NC[C@H](O)CO)cc2)n1)C1(c2ccc3c(c2)OCO3)CC1.[HH].[HH].[HH]. The van der Waals surface area contributed by atoms with Crippen molar-refractivity contribution in [3.05, 3.63) is 66.2 Å². The van der Waals surface area contributed by atoms with Crippen molar-refractivity contribution in [3.8, 4) is 22.8 Å². The molecule has 1 saturated carbocycles. The molecule has 11 heteroatoms. The van der Waals surface area contributed by atoms with Gasteiger partial charge in [-0.25, -0.2) is 18.1 Å². The second-order valence-electron chi connectivity index (χ2n) is 8.73. The Bertz CT molecular complexity index is 1400. The number of aliphatic hydroxyl groups is 2. The molecule has 0 bridgehead atoms. The average Bonchev–Trinajstić information content (AvgIpc) is 3.58. The first-order chi connectivity index (χ1) is 17.3. The van der Waals surface area contributed by atoms with E-state index in [0.29, 0.717) is 28.6 Å². The Morgan fingerprint density at radius 3 is 2.56 bits per heavy atom. The molecule has 2 aliphatic rings. The number of hydrogen-bond donors (Lipinski definition) is 4. The van der Waals surface area contributed by atoms with Crippen molar-refractivity contribution >= 4 is 21.7 Å². The van der Waals surface area contributed by atoms with E-state index in [0.717, 1.165) is 18.4 Å². The number of aromatic nitrogens is 1. The molecule has 4 N–H and O–H groups in total. The highest BCUT2D eigenvalue weighted by Crippen LogP contribution is 2.51. The number of ether oxygens (including phenoxy) is 2. The molecule has 0 saturated heterocycles. The number of carbonyl (C=O) groups excluding carboxylic acids is 1. The lowest BCUT2D eigenvalue weighted by Gasteiger charge is -2.16. The van der Waals surface area contributed by atoms with Crippen molar-refractivity contribution in [3.63, 3.8) is 0 Å². The number of carbonyl (C=O) groups is 1. The summed E-state index contributed by atoms with van der Waals surface area (Å²) in [5, 5.41) is 21.2. The van der Waals surface area contributed by atoms with Gasteiger partial charge in [-0.15, -0.1) is 0 Å². The molecule has 3 aromatic rings. The maximum absolute atomic E-state index is 13.2. The molecule has 2 aromatic carbocycles. The van der Waals surface area contributed by atoms with Crippen LogP contribution in [0, 0.1) is 0 Å². The van der Waals surface area contributed by atoms with E-state index >= 15 is 0 Å². The number of pyridine rings is 1. The van der Waals surface area contributed by atoms with Crippen molar-refractivity contribution in [1.29, 1.82) is 0 Å². The van der Waals surface area contributed by atoms with Gasteiger partial charge in [0.05, 0.1) is 28.7 Å². The Balaban J connectivity index is 0.00000178. The molecule has 1 aromatic heterocycles. The summed E-state index contributed by atoms with van der Waals surface area (Å²) in [5.41, 5.74) is 1.47. The predicted molar refractivity (Wildman–Crippen MR) is 136 cm³/mol. The van der Waals surface area contributed by atoms with E-state index in [1.807, 2.05) is 18.2 Å². The average molecular weight is 518 g/mol. The molecule has 5 rings (SSSR count). The summed E-state index contributed by atoms with van der Waals surface area (Å²) in [6.07, 6.45) is 0.260. The summed E-state index contributed by atoms with van der Waals surface area (Å²) in [6.45, 7) is -0.666. The van der Waals surface area contributed by atoms with E-state index in [2.05, 4.69) is 15.0 Å². The van der Waals surface area contributed by atoms with E-state index in [9.17, 15) is 18.3 Å². The number of sulfonamides is 1. The monoisotopic (exact) mass is 517 g/mol. The summed E-state index contributed by atoms with van der Waals surface area (Å²) in [6, 6.07) is 16.9. The van der Waals surface area contributed by atoms with Crippen LogP contribution < -0.4 is 19.5 Å². The van der Waals surface area contributed by atoms with Gasteiger partial charge < -0.3 is 25.0 Å². The van der Waals surface area contributed by atoms with Gasteiger partial charge in [0.2, 0.25) is 22.7 Å². The van der Waals surface area contributed by atoms with Gasteiger partial charge in [-0.3, -0.25) is 4.79 Å². The number of anilines is 1. The summed E-state index contributed by atoms with van der Waals surface area (Å²) >= 11 is 0. The second-order valence-corrected chi connectivity index (χ2v) is 10.5. The fraction of sp³-hybridized carbons (Fsp3) is 0.280. The first kappa shape index (κ1) is 24.2. The molecule has 0 unspecified atom stereocenters. The fourth-order valence-corrected chi connectivity index (χ4v) is 5.10. The molecule has 1 atom stereocenters. The van der Waals surface area contributed by atoms with Gasteiger partial charge in [0, 0.05) is 16.4 Å². The topological polar surface area (TPSA) is 147 Å². The van der Waals surface area contributed by atoms with Crippen molar-refractivity contribution in [1.82, 2.24) is 9.71 Å². The van der Waals surface area contributed by atoms with Crippen LogP contribution in [-0.2, 0) is 20.2 Å². The highest BCUT2D eigenvalue weighted by molar-refractivity contribution is 7.89. The summed E-state index contributed by atoms with van der Waals surface area (Å²) in [4.78, 5) is 17.8. The molecular weight excluding hydrogens is 486 g/mol. The number of nitrogens with zero attached hydrogens (tertiary/aromatic N) is 1. The number of amides is 1. The Hall–Kier alpha value is -3.51. The third kappa shape index (κ3) is 4.78. The van der Waals surface area contributed by atoms with E-state index in [4.69, 9.17) is 14.6 Å². The molecule has 0 spiro atoms. The zero-order valence-electron chi connectivity index (χ0n) is 19.2. The molecular formula is C25H31N3O7S. The van der Waals surface area contributed by atoms with Gasteiger partial charge in [-0.1, -0.05) is 24.3 Å². The molecule has 1 aliphatic carbocycles. The Labute approximate surface area is 212 Å². The van der Waals surface area contributed by atoms with E-state index in [1.54, 1.807) is 30.3 Å². The zero-order valence-corrected chi connectivity index (χ0v) is 20.0. The normalized spacial score (nSPS) is 16.4. The maximum Gasteiger partial charge on any atom is 0.240 e. The highest BCUT2D eigenvalue weighted by atomic mass is 32.2. The van der Waals surface area contributed by atoms with E-state index < -0.39 is 28.1 Å². The lowest BCUT2D eigenvalue weighted by molar-refractivity contribution is -0.118. The minimum atomic E-state index is -3.84. The lowest BCUT2D eigenvalue weighted by Crippen LogP contribution is -2.33. The van der Waals surface area contributed by atoms with Gasteiger partial charge in [0.15, 0.2) is 11.5 Å². The summed E-state index contributed by atoms with van der Waals surface area (Å²) in [5.74, 6) is 1.54.